The molecule has 0 atom stereocenters. The number of methoxy groups -OCH3 is 1. The standard InChI is InChI=1S/C26H20BrCl2NO4/c1-14-7-22-18(12-30(13-33-22)11-15-3-5-19(28)20(29)8-15)26-24(14)25(31)23(34-26)10-16-9-17(27)4-6-21(16)32-2/h3-10H,11-13H2,1-2H3/b23-10-. The van der Waals surface area contributed by atoms with Crippen LogP contribution in [-0.2, 0) is 13.1 Å². The van der Waals surface area contributed by atoms with Crippen molar-refractivity contribution in [3.05, 3.63) is 90.6 Å². The molecule has 0 N–H and O–H groups in total. The Bertz CT molecular complexity index is 1360. The van der Waals surface area contributed by atoms with Crippen LogP contribution in [0.5, 0.6) is 17.2 Å². The zero-order chi connectivity index (χ0) is 24.0. The normalized spacial score (nSPS) is 16.1. The maximum atomic E-state index is 13.3. The van der Waals surface area contributed by atoms with Crippen molar-refractivity contribution < 1.29 is 19.0 Å². The summed E-state index contributed by atoms with van der Waals surface area (Å²) in [4.78, 5) is 15.4. The average Bonchev–Trinajstić information content (AvgIpc) is 3.14. The lowest BCUT2D eigenvalue weighted by molar-refractivity contribution is 0.0872. The van der Waals surface area contributed by atoms with E-state index in [9.17, 15) is 4.79 Å². The minimum atomic E-state index is -0.154. The number of Topliss-reactive ketones (excluding diaryl/α,β-unsaturated/α-hetero) is 1. The van der Waals surface area contributed by atoms with E-state index in [-0.39, 0.29) is 11.5 Å². The van der Waals surface area contributed by atoms with Crippen LogP contribution >= 0.6 is 39.1 Å². The Morgan fingerprint density at radius 1 is 1.15 bits per heavy atom. The molecule has 0 fully saturated rings. The molecule has 8 heteroatoms. The van der Waals surface area contributed by atoms with Gasteiger partial charge in [-0.3, -0.25) is 9.69 Å². The van der Waals surface area contributed by atoms with Gasteiger partial charge in [0.2, 0.25) is 5.78 Å². The molecule has 174 valence electrons. The first kappa shape index (κ1) is 23.2. The molecule has 0 saturated carbocycles. The highest BCUT2D eigenvalue weighted by Gasteiger charge is 2.35. The maximum Gasteiger partial charge on any atom is 0.232 e. The first-order valence-electron chi connectivity index (χ1n) is 10.6. The fourth-order valence-corrected chi connectivity index (χ4v) is 4.93. The molecular weight excluding hydrogens is 541 g/mol. The van der Waals surface area contributed by atoms with Gasteiger partial charge in [0.25, 0.3) is 0 Å². The molecule has 0 spiro atoms. The third-order valence-corrected chi connectivity index (χ3v) is 7.09. The van der Waals surface area contributed by atoms with Crippen LogP contribution in [0.3, 0.4) is 0 Å². The molecule has 0 unspecified atom stereocenters. The van der Waals surface area contributed by atoms with Crippen LogP contribution in [0.25, 0.3) is 6.08 Å². The van der Waals surface area contributed by atoms with Crippen molar-refractivity contribution in [2.75, 3.05) is 13.8 Å². The van der Waals surface area contributed by atoms with Gasteiger partial charge in [-0.2, -0.15) is 0 Å². The number of hydrogen-bond donors (Lipinski definition) is 0. The number of fused-ring (bicyclic) bond motifs is 3. The molecule has 2 heterocycles. The smallest absolute Gasteiger partial charge is 0.232 e. The van der Waals surface area contributed by atoms with Gasteiger partial charge in [-0.1, -0.05) is 45.2 Å². The van der Waals surface area contributed by atoms with E-state index in [1.807, 2.05) is 43.3 Å². The lowest BCUT2D eigenvalue weighted by atomic mass is 9.98. The number of ketones is 1. The van der Waals surface area contributed by atoms with Crippen LogP contribution in [-0.4, -0.2) is 24.5 Å². The number of rotatable bonds is 4. The number of halogens is 3. The Labute approximate surface area is 215 Å². The highest BCUT2D eigenvalue weighted by atomic mass is 79.9. The molecule has 5 nitrogen and oxygen atoms in total. The quantitative estimate of drug-likeness (QED) is 0.320. The van der Waals surface area contributed by atoms with Gasteiger partial charge in [0.05, 0.1) is 28.3 Å². The number of nitrogens with zero attached hydrogens (tertiary/aromatic N) is 1. The third-order valence-electron chi connectivity index (χ3n) is 5.86. The monoisotopic (exact) mass is 559 g/mol. The van der Waals surface area contributed by atoms with Crippen LogP contribution < -0.4 is 14.2 Å². The zero-order valence-corrected chi connectivity index (χ0v) is 21.6. The van der Waals surface area contributed by atoms with E-state index in [2.05, 4.69) is 20.8 Å². The van der Waals surface area contributed by atoms with Crippen LogP contribution in [0.1, 0.15) is 32.6 Å². The van der Waals surface area contributed by atoms with Crippen LogP contribution in [0.2, 0.25) is 10.0 Å². The summed E-state index contributed by atoms with van der Waals surface area (Å²) in [7, 11) is 1.59. The fraction of sp³-hybridized carbons (Fsp3) is 0.192. The Morgan fingerprint density at radius 3 is 2.74 bits per heavy atom. The first-order valence-corrected chi connectivity index (χ1v) is 12.1. The summed E-state index contributed by atoms with van der Waals surface area (Å²) in [6.07, 6.45) is 1.72. The second-order valence-electron chi connectivity index (χ2n) is 8.21. The summed E-state index contributed by atoms with van der Waals surface area (Å²) < 4.78 is 18.5. The van der Waals surface area contributed by atoms with Crippen LogP contribution in [0, 0.1) is 6.92 Å². The summed E-state index contributed by atoms with van der Waals surface area (Å²) in [5, 5.41) is 1.04. The number of carbonyl (C=O) groups is 1. The van der Waals surface area contributed by atoms with Gasteiger partial charge in [0, 0.05) is 23.1 Å². The van der Waals surface area contributed by atoms with Gasteiger partial charge in [-0.05, 0) is 60.5 Å². The molecule has 34 heavy (non-hydrogen) atoms. The lowest BCUT2D eigenvalue weighted by Crippen LogP contribution is -2.31. The van der Waals surface area contributed by atoms with Gasteiger partial charge in [-0.25, -0.2) is 0 Å². The van der Waals surface area contributed by atoms with Crippen molar-refractivity contribution >= 4 is 51.0 Å². The number of carbonyl (C=O) groups excluding carboxylic acids is 1. The molecule has 0 aliphatic carbocycles. The molecule has 2 aliphatic heterocycles. The van der Waals surface area contributed by atoms with Crippen molar-refractivity contribution in [2.24, 2.45) is 0 Å². The summed E-state index contributed by atoms with van der Waals surface area (Å²) in [6, 6.07) is 13.1. The van der Waals surface area contributed by atoms with E-state index in [1.54, 1.807) is 19.3 Å². The second-order valence-corrected chi connectivity index (χ2v) is 9.94. The molecular formula is C26H20BrCl2NO4. The molecule has 0 aromatic heterocycles. The SMILES string of the molecule is COc1ccc(Br)cc1/C=C1\Oc2c3c(cc(C)c2C1=O)OCN(Cc1ccc(Cl)c(Cl)c1)C3. The molecule has 0 saturated heterocycles. The third kappa shape index (κ3) is 4.31. The van der Waals surface area contributed by atoms with E-state index in [0.717, 1.165) is 32.5 Å². The minimum Gasteiger partial charge on any atom is -0.496 e. The number of ether oxygens (including phenoxy) is 3. The molecule has 3 aromatic carbocycles. The van der Waals surface area contributed by atoms with Gasteiger partial charge < -0.3 is 14.2 Å². The minimum absolute atomic E-state index is 0.154. The Hall–Kier alpha value is -2.51. The molecule has 0 amide bonds. The van der Waals surface area contributed by atoms with Gasteiger partial charge >= 0.3 is 0 Å². The number of aryl methyl sites for hydroxylation is 1. The fourth-order valence-electron chi connectivity index (χ4n) is 4.23. The summed E-state index contributed by atoms with van der Waals surface area (Å²) in [5.74, 6) is 2.04. The largest absolute Gasteiger partial charge is 0.496 e. The molecule has 5 rings (SSSR count). The average molecular weight is 561 g/mol. The Morgan fingerprint density at radius 2 is 1.97 bits per heavy atom. The predicted octanol–water partition coefficient (Wildman–Crippen LogP) is 7.04. The van der Waals surface area contributed by atoms with E-state index in [0.29, 0.717) is 46.9 Å². The van der Waals surface area contributed by atoms with Crippen LogP contribution in [0.4, 0.5) is 0 Å². The highest BCUT2D eigenvalue weighted by Crippen LogP contribution is 2.44. The van der Waals surface area contributed by atoms with Crippen LogP contribution in [0.15, 0.2) is 52.7 Å². The molecule has 2 aliphatic rings. The summed E-state index contributed by atoms with van der Waals surface area (Å²) in [6.45, 7) is 3.50. The van der Waals surface area contributed by atoms with Crippen molar-refractivity contribution in [2.45, 2.75) is 20.0 Å². The number of benzene rings is 3. The van der Waals surface area contributed by atoms with Gasteiger partial charge in [0.1, 0.15) is 24.0 Å². The Balaban J connectivity index is 1.47. The van der Waals surface area contributed by atoms with E-state index in [1.165, 1.54) is 0 Å². The van der Waals surface area contributed by atoms with Gasteiger partial charge in [0.15, 0.2) is 5.76 Å². The van der Waals surface area contributed by atoms with Crippen molar-refractivity contribution in [1.82, 2.24) is 4.90 Å². The van der Waals surface area contributed by atoms with Gasteiger partial charge in [-0.15, -0.1) is 0 Å². The van der Waals surface area contributed by atoms with Crippen molar-refractivity contribution in [3.63, 3.8) is 0 Å². The zero-order valence-electron chi connectivity index (χ0n) is 18.5. The number of allylic oxidation sites excluding steroid dienone is 1. The van der Waals surface area contributed by atoms with Crippen molar-refractivity contribution in [1.29, 1.82) is 0 Å². The molecule has 0 bridgehead atoms. The van der Waals surface area contributed by atoms with Crippen molar-refractivity contribution in [3.8, 4) is 17.2 Å². The predicted molar refractivity (Wildman–Crippen MR) is 136 cm³/mol. The van der Waals surface area contributed by atoms with E-state index < -0.39 is 0 Å². The van der Waals surface area contributed by atoms with E-state index in [4.69, 9.17) is 37.4 Å². The van der Waals surface area contributed by atoms with E-state index >= 15 is 0 Å². The highest BCUT2D eigenvalue weighted by molar-refractivity contribution is 9.10. The molecule has 3 aromatic rings. The Kier molecular flexibility index (Phi) is 6.34. The number of hydrogen-bond acceptors (Lipinski definition) is 5. The lowest BCUT2D eigenvalue weighted by Gasteiger charge is -2.30. The summed E-state index contributed by atoms with van der Waals surface area (Å²) >= 11 is 15.7. The first-order chi connectivity index (χ1) is 16.3. The molecule has 0 radical (unpaired) electrons. The maximum absolute atomic E-state index is 13.3. The second kappa shape index (κ2) is 9.27. The topological polar surface area (TPSA) is 48.0 Å². The summed E-state index contributed by atoms with van der Waals surface area (Å²) in [5.41, 5.74) is 4.01.